The summed E-state index contributed by atoms with van der Waals surface area (Å²) in [6, 6.07) is 5.89. The van der Waals surface area contributed by atoms with Gasteiger partial charge >= 0.3 is 0 Å². The summed E-state index contributed by atoms with van der Waals surface area (Å²) in [5, 5.41) is 13.7. The van der Waals surface area contributed by atoms with Crippen LogP contribution in [0.3, 0.4) is 0 Å². The first-order valence-electron chi connectivity index (χ1n) is 6.11. The molecular weight excluding hydrogens is 268 g/mol. The summed E-state index contributed by atoms with van der Waals surface area (Å²) in [6.07, 6.45) is 1.33. The van der Waals surface area contributed by atoms with Gasteiger partial charge in [-0.1, -0.05) is 26.0 Å². The van der Waals surface area contributed by atoms with Crippen LogP contribution in [0.5, 0.6) is 0 Å². The van der Waals surface area contributed by atoms with Gasteiger partial charge in [0.1, 0.15) is 5.56 Å². The molecule has 1 amide bonds. The number of carbonyl (C=O) groups excluding carboxylic acids is 1. The molecule has 104 valence electrons. The lowest BCUT2D eigenvalue weighted by Crippen LogP contribution is -2.49. The SMILES string of the molecule is CCC(CC)(CCl)NC(=O)c1ccccc1[N+](=O)[O-]. The van der Waals surface area contributed by atoms with Crippen LogP contribution in [0.15, 0.2) is 24.3 Å². The Morgan fingerprint density at radius 2 is 1.95 bits per heavy atom. The van der Waals surface area contributed by atoms with Crippen LogP contribution in [0.2, 0.25) is 0 Å². The number of benzene rings is 1. The molecule has 1 N–H and O–H groups in total. The molecule has 0 aliphatic heterocycles. The van der Waals surface area contributed by atoms with Gasteiger partial charge in [-0.15, -0.1) is 11.6 Å². The van der Waals surface area contributed by atoms with Gasteiger partial charge < -0.3 is 5.32 Å². The van der Waals surface area contributed by atoms with E-state index in [1.165, 1.54) is 18.2 Å². The molecule has 6 heteroatoms. The van der Waals surface area contributed by atoms with Crippen LogP contribution >= 0.6 is 11.6 Å². The first-order chi connectivity index (χ1) is 8.99. The number of nitro benzene ring substituents is 1. The predicted molar refractivity (Wildman–Crippen MR) is 74.6 cm³/mol. The zero-order chi connectivity index (χ0) is 14.5. The lowest BCUT2D eigenvalue weighted by Gasteiger charge is -2.30. The van der Waals surface area contributed by atoms with E-state index in [2.05, 4.69) is 5.32 Å². The predicted octanol–water partition coefficient (Wildman–Crippen LogP) is 3.12. The third kappa shape index (κ3) is 3.44. The number of halogens is 1. The minimum Gasteiger partial charge on any atom is -0.345 e. The third-order valence-corrected chi connectivity index (χ3v) is 3.85. The van der Waals surface area contributed by atoms with E-state index in [-0.39, 0.29) is 17.1 Å². The number of alkyl halides is 1. The molecule has 0 aromatic heterocycles. The van der Waals surface area contributed by atoms with Crippen molar-refractivity contribution in [3.63, 3.8) is 0 Å². The van der Waals surface area contributed by atoms with Crippen molar-refractivity contribution in [1.29, 1.82) is 0 Å². The molecule has 0 bridgehead atoms. The summed E-state index contributed by atoms with van der Waals surface area (Å²) >= 11 is 5.91. The van der Waals surface area contributed by atoms with Gasteiger partial charge in [-0.3, -0.25) is 14.9 Å². The Balaban J connectivity index is 3.05. The van der Waals surface area contributed by atoms with Gasteiger partial charge in [-0.05, 0) is 18.9 Å². The molecule has 0 atom stereocenters. The fraction of sp³-hybridized carbons (Fsp3) is 0.462. The molecule has 0 aliphatic carbocycles. The maximum absolute atomic E-state index is 12.2. The number of amides is 1. The zero-order valence-corrected chi connectivity index (χ0v) is 11.7. The summed E-state index contributed by atoms with van der Waals surface area (Å²) in [5.41, 5.74) is -0.665. The van der Waals surface area contributed by atoms with E-state index in [4.69, 9.17) is 11.6 Å². The van der Waals surface area contributed by atoms with Crippen molar-refractivity contribution in [2.24, 2.45) is 0 Å². The van der Waals surface area contributed by atoms with Crippen molar-refractivity contribution in [2.75, 3.05) is 5.88 Å². The molecule has 0 radical (unpaired) electrons. The molecule has 1 aromatic rings. The highest BCUT2D eigenvalue weighted by Crippen LogP contribution is 2.21. The zero-order valence-electron chi connectivity index (χ0n) is 11.0. The first kappa shape index (κ1) is 15.4. The largest absolute Gasteiger partial charge is 0.345 e. The Morgan fingerprint density at radius 1 is 1.37 bits per heavy atom. The molecule has 0 aliphatic rings. The van der Waals surface area contributed by atoms with E-state index < -0.39 is 16.4 Å². The molecule has 0 spiro atoms. The minimum absolute atomic E-state index is 0.0592. The van der Waals surface area contributed by atoms with Crippen molar-refractivity contribution in [3.05, 3.63) is 39.9 Å². The maximum atomic E-state index is 12.2. The second-order valence-electron chi connectivity index (χ2n) is 4.35. The monoisotopic (exact) mass is 284 g/mol. The normalized spacial score (nSPS) is 11.1. The van der Waals surface area contributed by atoms with Gasteiger partial charge in [0.2, 0.25) is 0 Å². The van der Waals surface area contributed by atoms with Gasteiger partial charge in [-0.2, -0.15) is 0 Å². The average Bonchev–Trinajstić information content (AvgIpc) is 2.44. The van der Waals surface area contributed by atoms with Crippen LogP contribution in [-0.2, 0) is 0 Å². The van der Waals surface area contributed by atoms with Gasteiger partial charge in [-0.25, -0.2) is 0 Å². The van der Waals surface area contributed by atoms with Crippen molar-refractivity contribution < 1.29 is 9.72 Å². The van der Waals surface area contributed by atoms with E-state index >= 15 is 0 Å². The number of rotatable bonds is 6. The minimum atomic E-state index is -0.560. The highest BCUT2D eigenvalue weighted by atomic mass is 35.5. The third-order valence-electron chi connectivity index (χ3n) is 3.33. The fourth-order valence-electron chi connectivity index (χ4n) is 1.78. The number of carbonyl (C=O) groups is 1. The first-order valence-corrected chi connectivity index (χ1v) is 6.65. The summed E-state index contributed by atoms with van der Waals surface area (Å²) in [6.45, 7) is 3.84. The van der Waals surface area contributed by atoms with Gasteiger partial charge in [0.15, 0.2) is 0 Å². The van der Waals surface area contributed by atoms with E-state index in [0.29, 0.717) is 12.8 Å². The molecule has 0 saturated carbocycles. The average molecular weight is 285 g/mol. The lowest BCUT2D eigenvalue weighted by atomic mass is 9.94. The number of hydrogen-bond donors (Lipinski definition) is 1. The fourth-order valence-corrected chi connectivity index (χ4v) is 2.23. The van der Waals surface area contributed by atoms with Gasteiger partial charge in [0, 0.05) is 11.9 Å². The highest BCUT2D eigenvalue weighted by Gasteiger charge is 2.29. The number of nitrogens with zero attached hydrogens (tertiary/aromatic N) is 1. The highest BCUT2D eigenvalue weighted by molar-refractivity contribution is 6.19. The van der Waals surface area contributed by atoms with Crippen LogP contribution in [0, 0.1) is 10.1 Å². The number of para-hydroxylation sites is 1. The van der Waals surface area contributed by atoms with Gasteiger partial charge in [0.05, 0.1) is 10.5 Å². The molecular formula is C13H17ClN2O3. The molecule has 0 unspecified atom stereocenters. The molecule has 0 fully saturated rings. The molecule has 0 saturated heterocycles. The number of nitrogens with one attached hydrogen (secondary N) is 1. The number of hydrogen-bond acceptors (Lipinski definition) is 3. The number of nitro groups is 1. The molecule has 19 heavy (non-hydrogen) atoms. The molecule has 1 aromatic carbocycles. The van der Waals surface area contributed by atoms with Crippen molar-refractivity contribution >= 4 is 23.2 Å². The van der Waals surface area contributed by atoms with Crippen molar-refractivity contribution in [1.82, 2.24) is 5.32 Å². The molecule has 5 nitrogen and oxygen atoms in total. The molecule has 0 heterocycles. The van der Waals surface area contributed by atoms with Crippen molar-refractivity contribution in [2.45, 2.75) is 32.2 Å². The Bertz CT molecular complexity index is 464. The van der Waals surface area contributed by atoms with E-state index in [1.807, 2.05) is 13.8 Å². The topological polar surface area (TPSA) is 72.2 Å². The summed E-state index contributed by atoms with van der Waals surface area (Å²) in [4.78, 5) is 22.5. The van der Waals surface area contributed by atoms with Gasteiger partial charge in [0.25, 0.3) is 11.6 Å². The summed E-state index contributed by atoms with van der Waals surface area (Å²) in [5.74, 6) is -0.191. The Morgan fingerprint density at radius 3 is 2.42 bits per heavy atom. The van der Waals surface area contributed by atoms with Crippen LogP contribution in [0.4, 0.5) is 5.69 Å². The Kier molecular flexibility index (Phi) is 5.30. The van der Waals surface area contributed by atoms with Crippen LogP contribution in [0.1, 0.15) is 37.0 Å². The van der Waals surface area contributed by atoms with E-state index in [0.717, 1.165) is 0 Å². The second kappa shape index (κ2) is 6.52. The van der Waals surface area contributed by atoms with Crippen molar-refractivity contribution in [3.8, 4) is 0 Å². The van der Waals surface area contributed by atoms with E-state index in [9.17, 15) is 14.9 Å². The summed E-state index contributed by atoms with van der Waals surface area (Å²) in [7, 11) is 0. The Labute approximate surface area is 117 Å². The standard InChI is InChI=1S/C13H17ClN2O3/c1-3-13(4-2,9-14)15-12(17)10-7-5-6-8-11(10)16(18)19/h5-8H,3-4,9H2,1-2H3,(H,15,17). The summed E-state index contributed by atoms with van der Waals surface area (Å²) < 4.78 is 0. The quantitative estimate of drug-likeness (QED) is 0.495. The Hall–Kier alpha value is -1.62. The second-order valence-corrected chi connectivity index (χ2v) is 4.62. The lowest BCUT2D eigenvalue weighted by molar-refractivity contribution is -0.385. The van der Waals surface area contributed by atoms with Crippen LogP contribution in [0.25, 0.3) is 0 Å². The van der Waals surface area contributed by atoms with Crippen LogP contribution < -0.4 is 5.32 Å². The smallest absolute Gasteiger partial charge is 0.282 e. The van der Waals surface area contributed by atoms with Crippen LogP contribution in [-0.4, -0.2) is 22.2 Å². The van der Waals surface area contributed by atoms with E-state index in [1.54, 1.807) is 6.07 Å². The molecule has 1 rings (SSSR count). The maximum Gasteiger partial charge on any atom is 0.282 e.